The van der Waals surface area contributed by atoms with E-state index in [1.54, 1.807) is 24.3 Å². The van der Waals surface area contributed by atoms with Crippen LogP contribution in [0.25, 0.3) is 0 Å². The van der Waals surface area contributed by atoms with E-state index >= 15 is 0 Å². The third-order valence-corrected chi connectivity index (χ3v) is 3.35. The van der Waals surface area contributed by atoms with Crippen molar-refractivity contribution in [2.24, 2.45) is 0 Å². The molecular weight excluding hydrogens is 266 g/mol. The Hall–Kier alpha value is -1.10. The molecule has 3 unspecified atom stereocenters. The molecule has 0 aliphatic rings. The van der Waals surface area contributed by atoms with Crippen molar-refractivity contribution in [2.45, 2.75) is 44.9 Å². The average molecular weight is 286 g/mol. The number of carbonyl (C=O) groups is 1. The number of aliphatic hydroxyl groups excluding tert-OH is 1. The van der Waals surface area contributed by atoms with Crippen molar-refractivity contribution >= 4 is 17.6 Å². The molecule has 0 aromatic heterocycles. The third-order valence-electron chi connectivity index (χ3n) is 3.10. The van der Waals surface area contributed by atoms with E-state index in [1.165, 1.54) is 0 Å². The van der Waals surface area contributed by atoms with E-state index in [0.717, 1.165) is 6.42 Å². The summed E-state index contributed by atoms with van der Waals surface area (Å²) in [6.45, 7) is 3.97. The first-order valence-electron chi connectivity index (χ1n) is 6.35. The molecule has 0 saturated carbocycles. The van der Waals surface area contributed by atoms with Crippen molar-refractivity contribution in [3.8, 4) is 0 Å². The summed E-state index contributed by atoms with van der Waals surface area (Å²) in [5.41, 5.74) is 0.659. The van der Waals surface area contributed by atoms with Gasteiger partial charge >= 0.3 is 5.97 Å². The van der Waals surface area contributed by atoms with Gasteiger partial charge in [0.1, 0.15) is 0 Å². The summed E-state index contributed by atoms with van der Waals surface area (Å²) in [6, 6.07) is 6.41. The second kappa shape index (κ2) is 7.48. The number of carboxylic acids is 1. The van der Waals surface area contributed by atoms with Crippen LogP contribution in [0, 0.1) is 0 Å². The normalized spacial score (nSPS) is 15.8. The lowest BCUT2D eigenvalue weighted by molar-refractivity contribution is -0.138. The van der Waals surface area contributed by atoms with Gasteiger partial charge < -0.3 is 15.5 Å². The minimum absolute atomic E-state index is 0.131. The summed E-state index contributed by atoms with van der Waals surface area (Å²) in [6.07, 6.45) is -0.139. The fourth-order valence-electron chi connectivity index (χ4n) is 1.83. The van der Waals surface area contributed by atoms with Crippen molar-refractivity contribution in [1.29, 1.82) is 0 Å². The lowest BCUT2D eigenvalue weighted by atomic mass is 9.98. The maximum absolute atomic E-state index is 10.9. The monoisotopic (exact) mass is 285 g/mol. The van der Waals surface area contributed by atoms with Crippen molar-refractivity contribution in [3.05, 3.63) is 34.9 Å². The van der Waals surface area contributed by atoms with Gasteiger partial charge in [-0.25, -0.2) is 0 Å². The van der Waals surface area contributed by atoms with Crippen LogP contribution in [0.1, 0.15) is 38.4 Å². The molecule has 0 radical (unpaired) electrons. The Morgan fingerprint density at radius 1 is 1.37 bits per heavy atom. The minimum Gasteiger partial charge on any atom is -0.481 e. The summed E-state index contributed by atoms with van der Waals surface area (Å²) in [4.78, 5) is 10.9. The smallest absolute Gasteiger partial charge is 0.305 e. The van der Waals surface area contributed by atoms with Crippen LogP contribution in [0.2, 0.25) is 5.02 Å². The zero-order valence-corrected chi connectivity index (χ0v) is 11.9. The molecule has 1 rings (SSSR count). The predicted octanol–water partition coefficient (Wildman–Crippen LogP) is 2.60. The summed E-state index contributed by atoms with van der Waals surface area (Å²) in [5.74, 6) is -0.936. The van der Waals surface area contributed by atoms with Gasteiger partial charge in [-0.1, -0.05) is 30.7 Å². The second-order valence-electron chi connectivity index (χ2n) is 4.68. The molecule has 0 bridgehead atoms. The number of aliphatic carboxylic acids is 1. The average Bonchev–Trinajstić information content (AvgIpc) is 2.37. The molecule has 0 aliphatic heterocycles. The SMILES string of the molecule is CCC(C)NC(CC(=O)O)C(O)c1ccc(Cl)cc1. The van der Waals surface area contributed by atoms with E-state index in [4.69, 9.17) is 16.7 Å². The maximum Gasteiger partial charge on any atom is 0.305 e. The Kier molecular flexibility index (Phi) is 6.28. The fraction of sp³-hybridized carbons (Fsp3) is 0.500. The number of hydrogen-bond donors (Lipinski definition) is 3. The van der Waals surface area contributed by atoms with Crippen molar-refractivity contribution < 1.29 is 15.0 Å². The largest absolute Gasteiger partial charge is 0.481 e. The Balaban J connectivity index is 2.83. The van der Waals surface area contributed by atoms with Gasteiger partial charge in [0, 0.05) is 17.1 Å². The summed E-state index contributed by atoms with van der Waals surface area (Å²) < 4.78 is 0. The summed E-state index contributed by atoms with van der Waals surface area (Å²) in [7, 11) is 0. The Morgan fingerprint density at radius 3 is 2.42 bits per heavy atom. The summed E-state index contributed by atoms with van der Waals surface area (Å²) >= 11 is 5.80. The fourth-order valence-corrected chi connectivity index (χ4v) is 1.95. The zero-order valence-electron chi connectivity index (χ0n) is 11.1. The first-order chi connectivity index (χ1) is 8.93. The van der Waals surface area contributed by atoms with Gasteiger partial charge in [-0.15, -0.1) is 0 Å². The molecule has 5 heteroatoms. The molecule has 19 heavy (non-hydrogen) atoms. The lowest BCUT2D eigenvalue weighted by Gasteiger charge is -2.26. The second-order valence-corrected chi connectivity index (χ2v) is 5.11. The van der Waals surface area contributed by atoms with Crippen LogP contribution < -0.4 is 5.32 Å². The molecule has 0 heterocycles. The molecule has 0 saturated heterocycles. The van der Waals surface area contributed by atoms with E-state index in [-0.39, 0.29) is 12.5 Å². The molecule has 3 atom stereocenters. The highest BCUT2D eigenvalue weighted by Gasteiger charge is 2.24. The highest BCUT2D eigenvalue weighted by Crippen LogP contribution is 2.21. The van der Waals surface area contributed by atoms with Gasteiger partial charge in [-0.3, -0.25) is 4.79 Å². The van der Waals surface area contributed by atoms with E-state index < -0.39 is 18.1 Å². The van der Waals surface area contributed by atoms with E-state index in [0.29, 0.717) is 10.6 Å². The highest BCUT2D eigenvalue weighted by atomic mass is 35.5. The van der Waals surface area contributed by atoms with Crippen LogP contribution in [-0.4, -0.2) is 28.3 Å². The Bertz CT molecular complexity index is 408. The zero-order chi connectivity index (χ0) is 14.4. The summed E-state index contributed by atoms with van der Waals surface area (Å²) in [5, 5.41) is 23.0. The standard InChI is InChI=1S/C14H20ClNO3/c1-3-9(2)16-12(8-13(17)18)14(19)10-4-6-11(15)7-5-10/h4-7,9,12,14,16,19H,3,8H2,1-2H3,(H,17,18). The van der Waals surface area contributed by atoms with Crippen molar-refractivity contribution in [2.75, 3.05) is 0 Å². The maximum atomic E-state index is 10.9. The van der Waals surface area contributed by atoms with Gasteiger partial charge in [0.2, 0.25) is 0 Å². The molecule has 0 aliphatic carbocycles. The van der Waals surface area contributed by atoms with Crippen molar-refractivity contribution in [3.63, 3.8) is 0 Å². The Morgan fingerprint density at radius 2 is 1.95 bits per heavy atom. The molecule has 1 aromatic carbocycles. The molecule has 106 valence electrons. The number of nitrogens with one attached hydrogen (secondary N) is 1. The predicted molar refractivity (Wildman–Crippen MR) is 75.3 cm³/mol. The quantitative estimate of drug-likeness (QED) is 0.720. The van der Waals surface area contributed by atoms with E-state index in [2.05, 4.69) is 5.32 Å². The third kappa shape index (κ3) is 5.19. The van der Waals surface area contributed by atoms with Gasteiger partial charge in [0.05, 0.1) is 12.5 Å². The molecule has 0 spiro atoms. The van der Waals surface area contributed by atoms with Crippen LogP contribution >= 0.6 is 11.6 Å². The van der Waals surface area contributed by atoms with Crippen LogP contribution in [0.5, 0.6) is 0 Å². The number of rotatable bonds is 7. The van der Waals surface area contributed by atoms with Gasteiger partial charge in [0.15, 0.2) is 0 Å². The highest BCUT2D eigenvalue weighted by molar-refractivity contribution is 6.30. The first-order valence-corrected chi connectivity index (χ1v) is 6.73. The first kappa shape index (κ1) is 16.0. The van der Waals surface area contributed by atoms with Gasteiger partial charge in [-0.05, 0) is 31.0 Å². The number of hydrogen-bond acceptors (Lipinski definition) is 3. The molecule has 3 N–H and O–H groups in total. The van der Waals surface area contributed by atoms with Crippen LogP contribution in [0.3, 0.4) is 0 Å². The van der Waals surface area contributed by atoms with Crippen LogP contribution in [-0.2, 0) is 4.79 Å². The number of aliphatic hydroxyl groups is 1. The number of benzene rings is 1. The number of carboxylic acid groups (broad SMARTS) is 1. The van der Waals surface area contributed by atoms with Crippen LogP contribution in [0.15, 0.2) is 24.3 Å². The molecule has 1 aromatic rings. The van der Waals surface area contributed by atoms with Gasteiger partial charge in [-0.2, -0.15) is 0 Å². The molecule has 0 fully saturated rings. The Labute approximate surface area is 118 Å². The van der Waals surface area contributed by atoms with Crippen molar-refractivity contribution in [1.82, 2.24) is 5.32 Å². The topological polar surface area (TPSA) is 69.6 Å². The number of halogens is 1. The van der Waals surface area contributed by atoms with E-state index in [1.807, 2.05) is 13.8 Å². The lowest BCUT2D eigenvalue weighted by Crippen LogP contribution is -2.41. The van der Waals surface area contributed by atoms with Gasteiger partial charge in [0.25, 0.3) is 0 Å². The molecule has 0 amide bonds. The molecule has 4 nitrogen and oxygen atoms in total. The van der Waals surface area contributed by atoms with E-state index in [9.17, 15) is 9.90 Å². The molecular formula is C14H20ClNO3. The van der Waals surface area contributed by atoms with Crippen LogP contribution in [0.4, 0.5) is 0 Å². The minimum atomic E-state index is -0.936.